The Labute approximate surface area is 191 Å². The topological polar surface area (TPSA) is 105 Å². The van der Waals surface area contributed by atoms with Crippen LogP contribution < -0.4 is 0 Å². The number of hydrogen-bond donors (Lipinski definition) is 0. The van der Waals surface area contributed by atoms with Gasteiger partial charge in [0.05, 0.1) is 25.3 Å². The van der Waals surface area contributed by atoms with Crippen LogP contribution >= 0.6 is 12.0 Å². The summed E-state index contributed by atoms with van der Waals surface area (Å²) in [4.78, 5) is 23.6. The summed E-state index contributed by atoms with van der Waals surface area (Å²) in [5, 5.41) is 0. The summed E-state index contributed by atoms with van der Waals surface area (Å²) < 4.78 is 44.0. The molecule has 2 aromatic carbocycles. The zero-order valence-electron chi connectivity index (χ0n) is 17.5. The van der Waals surface area contributed by atoms with E-state index in [1.807, 2.05) is 0 Å². The van der Waals surface area contributed by atoms with E-state index in [1.54, 1.807) is 50.2 Å². The van der Waals surface area contributed by atoms with Gasteiger partial charge in [0.2, 0.25) is 11.5 Å². The first-order valence-corrected chi connectivity index (χ1v) is 11.5. The molecule has 0 fully saturated rings. The highest BCUT2D eigenvalue weighted by atomic mass is 32.2. The second kappa shape index (κ2) is 11.4. The van der Waals surface area contributed by atoms with E-state index in [1.165, 1.54) is 12.1 Å². The summed E-state index contributed by atoms with van der Waals surface area (Å²) in [5.74, 6) is -2.29. The van der Waals surface area contributed by atoms with Gasteiger partial charge in [-0.2, -0.15) is 8.42 Å². The molecule has 0 unspecified atom stereocenters. The van der Waals surface area contributed by atoms with Gasteiger partial charge in [0.1, 0.15) is 4.90 Å². The predicted molar refractivity (Wildman–Crippen MR) is 119 cm³/mol. The van der Waals surface area contributed by atoms with Gasteiger partial charge in [-0.05, 0) is 62.4 Å². The lowest BCUT2D eigenvalue weighted by atomic mass is 10.1. The fourth-order valence-electron chi connectivity index (χ4n) is 2.29. The Kier molecular flexibility index (Phi) is 8.91. The van der Waals surface area contributed by atoms with Gasteiger partial charge in [-0.1, -0.05) is 24.3 Å². The van der Waals surface area contributed by atoms with Gasteiger partial charge in [-0.3, -0.25) is 0 Å². The smallest absolute Gasteiger partial charge is 0.374 e. The molecule has 0 N–H and O–H groups in total. The molecule has 0 aliphatic rings. The molecule has 0 heterocycles. The van der Waals surface area contributed by atoms with Gasteiger partial charge in [0.15, 0.2) is 0 Å². The van der Waals surface area contributed by atoms with Gasteiger partial charge < -0.3 is 17.8 Å². The Morgan fingerprint density at radius 1 is 0.812 bits per heavy atom. The van der Waals surface area contributed by atoms with Crippen LogP contribution in [0.5, 0.6) is 0 Å². The van der Waals surface area contributed by atoms with Crippen LogP contribution in [0.1, 0.15) is 13.8 Å². The predicted octanol–water partition coefficient (Wildman–Crippen LogP) is 4.24. The number of benzene rings is 2. The Morgan fingerprint density at radius 2 is 1.28 bits per heavy atom. The van der Waals surface area contributed by atoms with E-state index in [9.17, 15) is 18.0 Å². The van der Waals surface area contributed by atoms with E-state index >= 15 is 0 Å². The van der Waals surface area contributed by atoms with Crippen molar-refractivity contribution in [3.05, 3.63) is 73.2 Å². The van der Waals surface area contributed by atoms with Crippen molar-refractivity contribution >= 4 is 34.1 Å². The zero-order chi connectivity index (χ0) is 23.7. The summed E-state index contributed by atoms with van der Waals surface area (Å²) in [7, 11) is -4.22. The number of esters is 2. The molecule has 0 saturated carbocycles. The summed E-state index contributed by atoms with van der Waals surface area (Å²) >= 11 is 0.962. The molecule has 0 spiro atoms. The van der Waals surface area contributed by atoms with Gasteiger partial charge in [-0.25, -0.2) is 9.59 Å². The summed E-state index contributed by atoms with van der Waals surface area (Å²) in [6.07, 6.45) is 0. The van der Waals surface area contributed by atoms with Crippen molar-refractivity contribution in [1.29, 1.82) is 0 Å². The standard InChI is InChI=1S/C22H22O8S2/c1-5-27-21(23)15(3)29-31-19-11-7-17(8-12-19)18-9-13-20(14-10-18)32(25,26)30-16(4)22(24)28-6-2/h7-14H,3-6H2,1-2H3. The van der Waals surface area contributed by atoms with E-state index < -0.39 is 27.8 Å². The fourth-order valence-corrected chi connectivity index (χ4v) is 3.70. The van der Waals surface area contributed by atoms with Crippen molar-refractivity contribution in [3.63, 3.8) is 0 Å². The van der Waals surface area contributed by atoms with Gasteiger partial charge in [0.25, 0.3) is 0 Å². The first kappa shape index (κ1) is 25.0. The van der Waals surface area contributed by atoms with E-state index in [-0.39, 0.29) is 23.9 Å². The largest absolute Gasteiger partial charge is 0.460 e. The van der Waals surface area contributed by atoms with E-state index in [4.69, 9.17) is 13.1 Å². The maximum absolute atomic E-state index is 12.3. The molecule has 170 valence electrons. The highest BCUT2D eigenvalue weighted by Gasteiger charge is 2.21. The third-order valence-electron chi connectivity index (χ3n) is 3.79. The van der Waals surface area contributed by atoms with E-state index in [0.29, 0.717) is 0 Å². The molecule has 0 bridgehead atoms. The molecule has 2 aromatic rings. The van der Waals surface area contributed by atoms with Crippen LogP contribution in [0.4, 0.5) is 0 Å². The number of hydrogen-bond acceptors (Lipinski definition) is 9. The van der Waals surface area contributed by atoms with Crippen molar-refractivity contribution in [2.75, 3.05) is 13.2 Å². The van der Waals surface area contributed by atoms with Crippen molar-refractivity contribution in [1.82, 2.24) is 0 Å². The Morgan fingerprint density at radius 3 is 1.78 bits per heavy atom. The van der Waals surface area contributed by atoms with Crippen LogP contribution in [0.2, 0.25) is 0 Å². The molecule has 0 radical (unpaired) electrons. The van der Waals surface area contributed by atoms with Gasteiger partial charge in [0, 0.05) is 4.90 Å². The lowest BCUT2D eigenvalue weighted by Crippen LogP contribution is -2.14. The van der Waals surface area contributed by atoms with Gasteiger partial charge >= 0.3 is 22.1 Å². The van der Waals surface area contributed by atoms with Crippen LogP contribution in [-0.2, 0) is 37.5 Å². The van der Waals surface area contributed by atoms with Crippen molar-refractivity contribution in [2.24, 2.45) is 0 Å². The molecule has 0 aliphatic carbocycles. The fraction of sp³-hybridized carbons (Fsp3) is 0.182. The van der Waals surface area contributed by atoms with Crippen LogP contribution in [-0.4, -0.2) is 33.6 Å². The normalized spacial score (nSPS) is 10.7. The highest BCUT2D eigenvalue weighted by Crippen LogP contribution is 2.27. The average Bonchev–Trinajstić information content (AvgIpc) is 2.78. The number of ether oxygens (including phenoxy) is 2. The third-order valence-corrected chi connectivity index (χ3v) is 5.80. The Bertz CT molecular complexity index is 1090. The quantitative estimate of drug-likeness (QED) is 0.154. The van der Waals surface area contributed by atoms with E-state index in [0.717, 1.165) is 28.1 Å². The monoisotopic (exact) mass is 478 g/mol. The summed E-state index contributed by atoms with van der Waals surface area (Å²) in [6, 6.07) is 13.1. The maximum Gasteiger partial charge on any atom is 0.374 e. The lowest BCUT2D eigenvalue weighted by molar-refractivity contribution is -0.141. The summed E-state index contributed by atoms with van der Waals surface area (Å²) in [5.41, 5.74) is 1.57. The second-order valence-corrected chi connectivity index (χ2v) is 8.39. The second-order valence-electron chi connectivity index (χ2n) is 6.04. The van der Waals surface area contributed by atoms with Crippen LogP contribution in [0.3, 0.4) is 0 Å². The summed E-state index contributed by atoms with van der Waals surface area (Å²) in [6.45, 7) is 10.4. The molecule has 10 heteroatoms. The molecule has 0 saturated heterocycles. The van der Waals surface area contributed by atoms with Crippen molar-refractivity contribution in [2.45, 2.75) is 23.6 Å². The minimum Gasteiger partial charge on any atom is -0.460 e. The van der Waals surface area contributed by atoms with Crippen molar-refractivity contribution in [3.8, 4) is 11.1 Å². The zero-order valence-corrected chi connectivity index (χ0v) is 19.2. The molecule has 0 amide bonds. The Hall–Kier alpha value is -3.24. The third kappa shape index (κ3) is 6.89. The molecular formula is C22H22O8S2. The SMILES string of the molecule is C=C(OSc1ccc(-c2ccc(S(=O)(=O)OC(=C)C(=O)OCC)cc2)cc1)C(=O)OCC. The van der Waals surface area contributed by atoms with Crippen LogP contribution in [0.25, 0.3) is 11.1 Å². The molecule has 0 aliphatic heterocycles. The first-order chi connectivity index (χ1) is 15.2. The molecule has 32 heavy (non-hydrogen) atoms. The van der Waals surface area contributed by atoms with Crippen LogP contribution in [0.15, 0.2) is 83.0 Å². The maximum atomic E-state index is 12.3. The van der Waals surface area contributed by atoms with Crippen LogP contribution in [0, 0.1) is 0 Å². The molecule has 2 rings (SSSR count). The number of carbonyl (C=O) groups excluding carboxylic acids is 2. The van der Waals surface area contributed by atoms with Gasteiger partial charge in [-0.15, -0.1) is 0 Å². The number of carbonyl (C=O) groups is 2. The number of rotatable bonds is 11. The molecular weight excluding hydrogens is 456 g/mol. The minimum absolute atomic E-state index is 0.0690. The molecule has 0 atom stereocenters. The first-order valence-electron chi connectivity index (χ1n) is 9.39. The molecule has 0 aromatic heterocycles. The van der Waals surface area contributed by atoms with Crippen molar-refractivity contribution < 1.29 is 35.8 Å². The van der Waals surface area contributed by atoms with E-state index in [2.05, 4.69) is 17.9 Å². The highest BCUT2D eigenvalue weighted by molar-refractivity contribution is 7.94. The average molecular weight is 479 g/mol. The Balaban J connectivity index is 2.03. The minimum atomic E-state index is -4.22. The lowest BCUT2D eigenvalue weighted by Gasteiger charge is -2.09. The molecule has 8 nitrogen and oxygen atoms in total.